The third-order valence-corrected chi connectivity index (χ3v) is 4.56. The maximum Gasteiger partial charge on any atom is 0.306 e. The summed E-state index contributed by atoms with van der Waals surface area (Å²) in [5.74, 6) is -0.499. The Balaban J connectivity index is 1.66. The molecule has 1 heterocycles. The van der Waals surface area contributed by atoms with E-state index in [4.69, 9.17) is 9.84 Å². The number of aliphatic carboxylic acids is 1. The predicted octanol–water partition coefficient (Wildman–Crippen LogP) is 3.74. The van der Waals surface area contributed by atoms with Crippen LogP contribution < -0.4 is 10.1 Å². The van der Waals surface area contributed by atoms with Crippen LogP contribution in [0.15, 0.2) is 58.4 Å². The first kappa shape index (κ1) is 18.7. The van der Waals surface area contributed by atoms with E-state index in [1.807, 2.05) is 43.3 Å². The van der Waals surface area contributed by atoms with Crippen molar-refractivity contribution in [3.05, 3.63) is 64.6 Å². The van der Waals surface area contributed by atoms with Crippen molar-refractivity contribution in [3.8, 4) is 5.75 Å². The third kappa shape index (κ3) is 5.46. The average molecular weight is 382 g/mol. The Morgan fingerprint density at radius 1 is 1.26 bits per heavy atom. The molecular formula is C20H18N2O4S. The van der Waals surface area contributed by atoms with Crippen LogP contribution in [0.3, 0.4) is 0 Å². The van der Waals surface area contributed by atoms with E-state index in [1.165, 1.54) is 11.8 Å². The molecule has 2 N–H and O–H groups in total. The molecule has 138 valence electrons. The Bertz CT molecular complexity index is 920. The van der Waals surface area contributed by atoms with Gasteiger partial charge in [0.2, 0.25) is 0 Å². The Hall–Kier alpha value is -3.06. The number of thioether (sulfide) groups is 1. The monoisotopic (exact) mass is 382 g/mol. The molecule has 7 heteroatoms. The number of nitrogens with one attached hydrogen (secondary N) is 1. The summed E-state index contributed by atoms with van der Waals surface area (Å²) in [6.07, 6.45) is 1.73. The molecule has 1 aliphatic rings. The predicted molar refractivity (Wildman–Crippen MR) is 106 cm³/mol. The lowest BCUT2D eigenvalue weighted by Gasteiger charge is -2.04. The van der Waals surface area contributed by atoms with E-state index in [0.29, 0.717) is 15.8 Å². The fraction of sp³-hybridized carbons (Fsp3) is 0.150. The van der Waals surface area contributed by atoms with Gasteiger partial charge in [-0.3, -0.25) is 9.59 Å². The van der Waals surface area contributed by atoms with Crippen molar-refractivity contribution in [2.45, 2.75) is 13.3 Å². The van der Waals surface area contributed by atoms with Gasteiger partial charge in [-0.25, -0.2) is 4.99 Å². The van der Waals surface area contributed by atoms with Gasteiger partial charge in [-0.1, -0.05) is 24.3 Å². The van der Waals surface area contributed by atoms with Gasteiger partial charge >= 0.3 is 5.97 Å². The molecule has 1 aliphatic heterocycles. The largest absolute Gasteiger partial charge is 0.493 e. The first-order valence-corrected chi connectivity index (χ1v) is 9.12. The van der Waals surface area contributed by atoms with Crippen LogP contribution in [0.25, 0.3) is 6.08 Å². The average Bonchev–Trinajstić information content (AvgIpc) is 2.95. The third-order valence-electron chi connectivity index (χ3n) is 3.65. The molecule has 1 fully saturated rings. The molecule has 1 amide bonds. The van der Waals surface area contributed by atoms with Crippen molar-refractivity contribution in [2.75, 3.05) is 6.61 Å². The highest BCUT2D eigenvalue weighted by atomic mass is 32.2. The van der Waals surface area contributed by atoms with Gasteiger partial charge in [-0.2, -0.15) is 0 Å². The zero-order chi connectivity index (χ0) is 19.2. The van der Waals surface area contributed by atoms with E-state index in [2.05, 4.69) is 10.3 Å². The summed E-state index contributed by atoms with van der Waals surface area (Å²) in [7, 11) is 0. The number of amidine groups is 1. The molecule has 2 aromatic carbocycles. The fourth-order valence-corrected chi connectivity index (χ4v) is 3.20. The molecule has 3 rings (SSSR count). The second kappa shape index (κ2) is 8.55. The quantitative estimate of drug-likeness (QED) is 0.743. The minimum absolute atomic E-state index is 0.0499. The number of nitrogens with zero attached hydrogens (tertiary/aromatic N) is 1. The standard InChI is InChI=1S/C20H18N2O4S/c1-13-3-2-4-15(11-13)21-20-22-19(25)17(27-20)12-14-5-7-16(8-6-14)26-10-9-18(23)24/h2-8,11-12H,9-10H2,1H3,(H,23,24)(H,21,22,25)/b17-12+. The van der Waals surface area contributed by atoms with Gasteiger partial charge in [0, 0.05) is 0 Å². The first-order valence-electron chi connectivity index (χ1n) is 8.30. The first-order chi connectivity index (χ1) is 13.0. The molecule has 1 saturated heterocycles. The summed E-state index contributed by atoms with van der Waals surface area (Å²) in [4.78, 5) is 27.7. The lowest BCUT2D eigenvalue weighted by molar-refractivity contribution is -0.137. The molecule has 0 aromatic heterocycles. The Morgan fingerprint density at radius 2 is 2.04 bits per heavy atom. The van der Waals surface area contributed by atoms with Crippen LogP contribution in [-0.2, 0) is 9.59 Å². The zero-order valence-electron chi connectivity index (χ0n) is 14.6. The molecule has 0 radical (unpaired) electrons. The van der Waals surface area contributed by atoms with Gasteiger partial charge in [0.25, 0.3) is 5.91 Å². The van der Waals surface area contributed by atoms with Gasteiger partial charge in [0.1, 0.15) is 5.75 Å². The number of ether oxygens (including phenoxy) is 1. The van der Waals surface area contributed by atoms with Crippen molar-refractivity contribution < 1.29 is 19.4 Å². The highest BCUT2D eigenvalue weighted by Gasteiger charge is 2.23. The minimum atomic E-state index is -0.899. The van der Waals surface area contributed by atoms with Crippen molar-refractivity contribution in [3.63, 3.8) is 0 Å². The summed E-state index contributed by atoms with van der Waals surface area (Å²) in [5, 5.41) is 11.9. The van der Waals surface area contributed by atoms with Crippen molar-refractivity contribution in [2.24, 2.45) is 4.99 Å². The summed E-state index contributed by atoms with van der Waals surface area (Å²) in [6.45, 7) is 2.11. The Labute approximate surface area is 161 Å². The molecule has 0 spiro atoms. The number of amides is 1. The SMILES string of the molecule is Cc1cccc(N=C2NC(=O)/C(=C\c3ccc(OCCC(=O)O)cc3)S2)c1. The molecule has 0 saturated carbocycles. The van der Waals surface area contributed by atoms with E-state index in [0.717, 1.165) is 16.8 Å². The second-order valence-electron chi connectivity index (χ2n) is 5.88. The van der Waals surface area contributed by atoms with Gasteiger partial charge in [0.15, 0.2) is 5.17 Å². The number of hydrogen-bond acceptors (Lipinski definition) is 5. The minimum Gasteiger partial charge on any atom is -0.493 e. The van der Waals surface area contributed by atoms with E-state index >= 15 is 0 Å². The van der Waals surface area contributed by atoms with Crippen LogP contribution in [0.2, 0.25) is 0 Å². The maximum atomic E-state index is 12.2. The number of rotatable bonds is 6. The molecule has 0 unspecified atom stereocenters. The summed E-state index contributed by atoms with van der Waals surface area (Å²) in [6, 6.07) is 14.9. The van der Waals surface area contributed by atoms with E-state index in [1.54, 1.807) is 18.2 Å². The smallest absolute Gasteiger partial charge is 0.306 e. The van der Waals surface area contributed by atoms with Crippen LogP contribution in [0.5, 0.6) is 5.75 Å². The van der Waals surface area contributed by atoms with Gasteiger partial charge in [-0.15, -0.1) is 0 Å². The highest BCUT2D eigenvalue weighted by molar-refractivity contribution is 8.18. The van der Waals surface area contributed by atoms with Gasteiger partial charge < -0.3 is 15.2 Å². The summed E-state index contributed by atoms with van der Waals surface area (Å²) < 4.78 is 5.35. The van der Waals surface area contributed by atoms with Crippen molar-refractivity contribution in [1.29, 1.82) is 0 Å². The number of carboxylic acid groups (broad SMARTS) is 1. The molecule has 0 atom stereocenters. The number of carbonyl (C=O) groups excluding carboxylic acids is 1. The number of aliphatic imine (C=N–C) groups is 1. The molecule has 27 heavy (non-hydrogen) atoms. The number of benzene rings is 2. The molecule has 6 nitrogen and oxygen atoms in total. The highest BCUT2D eigenvalue weighted by Crippen LogP contribution is 2.28. The Morgan fingerprint density at radius 3 is 2.74 bits per heavy atom. The molecule has 0 aliphatic carbocycles. The lowest BCUT2D eigenvalue weighted by Crippen LogP contribution is -2.19. The fourth-order valence-electron chi connectivity index (χ4n) is 2.36. The normalized spacial score (nSPS) is 16.6. The van der Waals surface area contributed by atoms with Crippen LogP contribution in [0.4, 0.5) is 5.69 Å². The van der Waals surface area contributed by atoms with Crippen LogP contribution in [0, 0.1) is 6.92 Å². The van der Waals surface area contributed by atoms with Crippen molar-refractivity contribution in [1.82, 2.24) is 5.32 Å². The summed E-state index contributed by atoms with van der Waals surface area (Å²) in [5.41, 5.74) is 2.74. The van der Waals surface area contributed by atoms with Crippen molar-refractivity contribution >= 4 is 40.6 Å². The lowest BCUT2D eigenvalue weighted by atomic mass is 10.2. The number of hydrogen-bond donors (Lipinski definition) is 2. The second-order valence-corrected chi connectivity index (χ2v) is 6.91. The van der Waals surface area contributed by atoms with E-state index in [9.17, 15) is 9.59 Å². The van der Waals surface area contributed by atoms with Crippen LogP contribution in [-0.4, -0.2) is 28.8 Å². The molecule has 2 aromatic rings. The van der Waals surface area contributed by atoms with Crippen LogP contribution in [0.1, 0.15) is 17.5 Å². The zero-order valence-corrected chi connectivity index (χ0v) is 15.5. The Kier molecular flexibility index (Phi) is 5.93. The number of carboxylic acids is 1. The van der Waals surface area contributed by atoms with Gasteiger partial charge in [-0.05, 0) is 60.2 Å². The summed E-state index contributed by atoms with van der Waals surface area (Å²) >= 11 is 1.29. The van der Waals surface area contributed by atoms with Crippen LogP contribution >= 0.6 is 11.8 Å². The topological polar surface area (TPSA) is 88.0 Å². The van der Waals surface area contributed by atoms with E-state index in [-0.39, 0.29) is 18.9 Å². The number of carbonyl (C=O) groups is 2. The van der Waals surface area contributed by atoms with E-state index < -0.39 is 5.97 Å². The molecule has 0 bridgehead atoms. The van der Waals surface area contributed by atoms with Gasteiger partial charge in [0.05, 0.1) is 23.6 Å². The molecular weight excluding hydrogens is 364 g/mol. The maximum absolute atomic E-state index is 12.2. The number of aryl methyl sites for hydroxylation is 1.